The van der Waals surface area contributed by atoms with Crippen molar-refractivity contribution < 1.29 is 43.2 Å². The third-order valence-electron chi connectivity index (χ3n) is 11.9. The summed E-state index contributed by atoms with van der Waals surface area (Å²) >= 11 is 0. The molecule has 4 aromatic carbocycles. The molecule has 8 rings (SSSR count). The van der Waals surface area contributed by atoms with Crippen molar-refractivity contribution >= 4 is 5.97 Å². The molecule has 0 fully saturated rings. The molecular formula is C44H53N2O8+. The van der Waals surface area contributed by atoms with Crippen LogP contribution in [-0.4, -0.2) is 80.6 Å². The second kappa shape index (κ2) is 15.8. The largest absolute Gasteiger partial charge is 0.502 e. The molecule has 54 heavy (non-hydrogen) atoms. The van der Waals surface area contributed by atoms with Gasteiger partial charge in [-0.3, -0.25) is 9.69 Å². The van der Waals surface area contributed by atoms with Gasteiger partial charge < -0.3 is 38.4 Å². The second-order valence-corrected chi connectivity index (χ2v) is 15.3. The summed E-state index contributed by atoms with van der Waals surface area (Å²) in [6.45, 7) is 2.76. The van der Waals surface area contributed by atoms with Gasteiger partial charge in [0.25, 0.3) is 0 Å². The number of hydrogen-bond donors (Lipinski definition) is 2. The van der Waals surface area contributed by atoms with Crippen LogP contribution in [0.4, 0.5) is 0 Å². The number of quaternary nitrogens is 1. The van der Waals surface area contributed by atoms with E-state index in [1.54, 1.807) is 21.3 Å². The van der Waals surface area contributed by atoms with Gasteiger partial charge in [0.1, 0.15) is 11.8 Å². The maximum Gasteiger partial charge on any atom is 0.303 e. The van der Waals surface area contributed by atoms with Crippen molar-refractivity contribution in [1.82, 2.24) is 4.90 Å². The zero-order chi connectivity index (χ0) is 38.0. The molecule has 286 valence electrons. The van der Waals surface area contributed by atoms with Crippen LogP contribution in [0.2, 0.25) is 0 Å². The third-order valence-corrected chi connectivity index (χ3v) is 11.9. The number of aliphatic carboxylic acids is 1. The molecule has 3 unspecified atom stereocenters. The highest BCUT2D eigenvalue weighted by atomic mass is 16.5. The fourth-order valence-electron chi connectivity index (χ4n) is 8.71. The van der Waals surface area contributed by atoms with Crippen molar-refractivity contribution in [3.8, 4) is 46.0 Å². The number of hydrogen-bond acceptors (Lipinski definition) is 8. The third kappa shape index (κ3) is 7.54. The van der Waals surface area contributed by atoms with Gasteiger partial charge in [-0.1, -0.05) is 24.6 Å². The van der Waals surface area contributed by atoms with Crippen LogP contribution in [0.25, 0.3) is 0 Å². The molecule has 0 amide bonds. The number of phenols is 1. The van der Waals surface area contributed by atoms with Gasteiger partial charge in [-0.15, -0.1) is 0 Å². The predicted octanol–water partition coefficient (Wildman–Crippen LogP) is 8.41. The molecule has 0 saturated carbocycles. The molecule has 10 nitrogen and oxygen atoms in total. The van der Waals surface area contributed by atoms with Crippen molar-refractivity contribution in [2.45, 2.75) is 69.9 Å². The Morgan fingerprint density at radius 2 is 1.52 bits per heavy atom. The van der Waals surface area contributed by atoms with Gasteiger partial charge in [-0.25, -0.2) is 0 Å². The van der Waals surface area contributed by atoms with Crippen molar-refractivity contribution in [3.05, 3.63) is 94.0 Å². The molecule has 0 spiro atoms. The van der Waals surface area contributed by atoms with E-state index in [4.69, 9.17) is 28.8 Å². The summed E-state index contributed by atoms with van der Waals surface area (Å²) in [4.78, 5) is 13.4. The Morgan fingerprint density at radius 1 is 0.815 bits per heavy atom. The number of benzene rings is 4. The normalized spacial score (nSPS) is 20.5. The van der Waals surface area contributed by atoms with Gasteiger partial charge in [-0.05, 0) is 104 Å². The lowest BCUT2D eigenvalue weighted by atomic mass is 9.85. The number of phenolic OH excluding ortho intramolecular Hbond substituents is 1. The van der Waals surface area contributed by atoms with Crippen LogP contribution >= 0.6 is 0 Å². The van der Waals surface area contributed by atoms with Crippen LogP contribution in [0.15, 0.2) is 60.7 Å². The maximum atomic E-state index is 11.8. The summed E-state index contributed by atoms with van der Waals surface area (Å²) in [7, 11) is 9.36. The molecular weight excluding hydrogens is 684 g/mol. The summed E-state index contributed by atoms with van der Waals surface area (Å²) in [5, 5.41) is 21.0. The van der Waals surface area contributed by atoms with Gasteiger partial charge in [0.05, 0.1) is 41.5 Å². The first-order valence-electron chi connectivity index (χ1n) is 19.1. The van der Waals surface area contributed by atoms with E-state index in [1.165, 1.54) is 16.7 Å². The number of carbonyl (C=O) groups is 1. The van der Waals surface area contributed by atoms with Crippen molar-refractivity contribution in [3.63, 3.8) is 0 Å². The van der Waals surface area contributed by atoms with Crippen LogP contribution in [0.3, 0.4) is 0 Å². The summed E-state index contributed by atoms with van der Waals surface area (Å²) in [6, 6.07) is 20.6. The molecule has 2 N–H and O–H groups in total. The molecule has 4 heterocycles. The average Bonchev–Trinajstić information content (AvgIpc) is 3.16. The van der Waals surface area contributed by atoms with E-state index < -0.39 is 5.97 Å². The lowest BCUT2D eigenvalue weighted by molar-refractivity contribution is -0.941. The lowest BCUT2D eigenvalue weighted by Gasteiger charge is -2.46. The molecule has 0 saturated heterocycles. The number of nitrogens with zero attached hydrogens (tertiary/aromatic N) is 2. The van der Waals surface area contributed by atoms with Crippen LogP contribution in [0.1, 0.15) is 77.6 Å². The minimum absolute atomic E-state index is 0.0379. The molecule has 0 aliphatic carbocycles. The maximum absolute atomic E-state index is 11.8. The van der Waals surface area contributed by atoms with Gasteiger partial charge in [-0.2, -0.15) is 0 Å². The van der Waals surface area contributed by atoms with E-state index in [0.29, 0.717) is 47.3 Å². The Balaban J connectivity index is 1.37. The predicted molar refractivity (Wildman–Crippen MR) is 207 cm³/mol. The highest BCUT2D eigenvalue weighted by Gasteiger charge is 2.40. The Bertz CT molecular complexity index is 2000. The molecule has 4 aromatic rings. The second-order valence-electron chi connectivity index (χ2n) is 15.3. The van der Waals surface area contributed by atoms with Crippen LogP contribution in [0.5, 0.6) is 46.0 Å². The fourth-order valence-corrected chi connectivity index (χ4v) is 8.71. The standard InChI is InChI=1S/C44H52N2O8/c1-45-19-17-31-26-40(52-5)43(49)44-42(31)34(45)22-29-13-16-36(50-3)38(24-29)53-32-14-11-28(12-15-32)23-35-33-27-39(54-44)37(51-4)25-30(33)18-21-46(35,2)20-9-7-6-8-10-41(47)48/h11-16,24-27,34-35H,6-10,17-23H2,1-5H3,(H-,47,48,49)/p+1. The van der Waals surface area contributed by atoms with E-state index >= 15 is 0 Å². The highest BCUT2D eigenvalue weighted by molar-refractivity contribution is 5.66. The van der Waals surface area contributed by atoms with Gasteiger partial charge in [0.15, 0.2) is 34.5 Å². The van der Waals surface area contributed by atoms with Crippen LogP contribution < -0.4 is 23.7 Å². The number of carboxylic acids is 1. The van der Waals surface area contributed by atoms with E-state index in [-0.39, 0.29) is 24.3 Å². The summed E-state index contributed by atoms with van der Waals surface area (Å²) in [5.74, 6) is 3.18. The quantitative estimate of drug-likeness (QED) is 0.123. The first-order chi connectivity index (χ1) is 26.1. The summed E-state index contributed by atoms with van der Waals surface area (Å²) < 4.78 is 31.8. The smallest absolute Gasteiger partial charge is 0.303 e. The first-order valence-corrected chi connectivity index (χ1v) is 19.1. The number of fused-ring (bicyclic) bond motifs is 2. The van der Waals surface area contributed by atoms with E-state index in [0.717, 1.165) is 85.1 Å². The monoisotopic (exact) mass is 737 g/mol. The Hall–Kier alpha value is -4.93. The van der Waals surface area contributed by atoms with E-state index in [1.807, 2.05) is 30.3 Å². The van der Waals surface area contributed by atoms with Gasteiger partial charge in [0, 0.05) is 43.0 Å². The first kappa shape index (κ1) is 37.4. The van der Waals surface area contributed by atoms with Gasteiger partial charge >= 0.3 is 5.97 Å². The summed E-state index contributed by atoms with van der Waals surface area (Å²) in [5.41, 5.74) is 6.69. The molecule has 6 bridgehead atoms. The number of rotatable bonds is 10. The number of carboxylic acid groups (broad SMARTS) is 1. The minimum Gasteiger partial charge on any atom is -0.502 e. The SMILES string of the molecule is COc1ccc2cc1Oc1ccc(cc1)CC1c3cc(c(OC)cc3CC[N+]1(C)CCCCCCC(=O)O)Oc1c(O)c(OC)cc3c1C(C2)N(C)CC3. The number of ether oxygens (including phenoxy) is 5. The van der Waals surface area contributed by atoms with Crippen LogP contribution in [-0.2, 0) is 30.5 Å². The lowest BCUT2D eigenvalue weighted by Crippen LogP contribution is -2.52. The molecule has 4 aliphatic heterocycles. The molecule has 4 aliphatic rings. The number of methoxy groups -OCH3 is 3. The fraction of sp³-hybridized carbons (Fsp3) is 0.432. The zero-order valence-corrected chi connectivity index (χ0v) is 32.2. The van der Waals surface area contributed by atoms with Crippen LogP contribution in [0, 0.1) is 0 Å². The molecule has 0 radical (unpaired) electrons. The number of aromatic hydroxyl groups is 1. The number of unbranched alkanes of at least 4 members (excludes halogenated alkanes) is 3. The average molecular weight is 738 g/mol. The molecule has 3 atom stereocenters. The Kier molecular flexibility index (Phi) is 10.9. The molecule has 10 heteroatoms. The topological polar surface area (TPSA) is 107 Å². The van der Waals surface area contributed by atoms with E-state index in [2.05, 4.69) is 49.3 Å². The van der Waals surface area contributed by atoms with Crippen molar-refractivity contribution in [2.75, 3.05) is 55.1 Å². The number of likely N-dealkylation sites (N-methyl/N-ethyl adjacent to an activating group) is 2. The van der Waals surface area contributed by atoms with Crippen molar-refractivity contribution in [2.24, 2.45) is 0 Å². The summed E-state index contributed by atoms with van der Waals surface area (Å²) in [6.07, 6.45) is 6.91. The Labute approximate surface area is 318 Å². The van der Waals surface area contributed by atoms with Crippen molar-refractivity contribution in [1.29, 1.82) is 0 Å². The minimum atomic E-state index is -0.735. The molecule has 0 aromatic heterocycles. The van der Waals surface area contributed by atoms with E-state index in [9.17, 15) is 9.90 Å². The van der Waals surface area contributed by atoms with Gasteiger partial charge in [0.2, 0.25) is 5.75 Å². The highest BCUT2D eigenvalue weighted by Crippen LogP contribution is 2.52. The Morgan fingerprint density at radius 3 is 2.26 bits per heavy atom. The zero-order valence-electron chi connectivity index (χ0n) is 32.2.